The Morgan fingerprint density at radius 1 is 1.29 bits per heavy atom. The zero-order chi connectivity index (χ0) is 13.3. The second-order valence-corrected chi connectivity index (χ2v) is 4.09. The Morgan fingerprint density at radius 2 is 1.88 bits per heavy atom. The largest absolute Gasteiger partial charge is 0.481 e. The molecule has 2 unspecified atom stereocenters. The van der Waals surface area contributed by atoms with Crippen LogP contribution in [-0.4, -0.2) is 43.9 Å². The summed E-state index contributed by atoms with van der Waals surface area (Å²) in [6, 6.07) is -0.340. The van der Waals surface area contributed by atoms with Gasteiger partial charge in [0.2, 0.25) is 0 Å². The molecular formula is C11H22N2O4. The van der Waals surface area contributed by atoms with Gasteiger partial charge in [-0.3, -0.25) is 4.79 Å². The van der Waals surface area contributed by atoms with Gasteiger partial charge in [0.1, 0.15) is 0 Å². The van der Waals surface area contributed by atoms with Gasteiger partial charge in [-0.25, -0.2) is 4.79 Å². The molecule has 6 heteroatoms. The highest BCUT2D eigenvalue weighted by atomic mass is 16.5. The molecule has 0 spiro atoms. The number of carboxylic acids is 1. The first-order chi connectivity index (χ1) is 8.01. The van der Waals surface area contributed by atoms with Gasteiger partial charge in [-0.2, -0.15) is 0 Å². The SMILES string of the molecule is CCC(CNC(=O)NCC(C)COC)C(=O)O. The van der Waals surface area contributed by atoms with Crippen LogP contribution in [0.25, 0.3) is 0 Å². The Bertz CT molecular complexity index is 246. The van der Waals surface area contributed by atoms with Crippen LogP contribution in [0.3, 0.4) is 0 Å². The number of aliphatic carboxylic acids is 1. The topological polar surface area (TPSA) is 87.7 Å². The summed E-state index contributed by atoms with van der Waals surface area (Å²) >= 11 is 0. The van der Waals surface area contributed by atoms with Crippen molar-refractivity contribution in [2.24, 2.45) is 11.8 Å². The minimum absolute atomic E-state index is 0.149. The molecule has 0 radical (unpaired) electrons. The Hall–Kier alpha value is -1.30. The smallest absolute Gasteiger partial charge is 0.314 e. The zero-order valence-corrected chi connectivity index (χ0v) is 10.7. The van der Waals surface area contributed by atoms with E-state index in [9.17, 15) is 9.59 Å². The van der Waals surface area contributed by atoms with Crippen LogP contribution in [0.4, 0.5) is 4.79 Å². The molecule has 0 aromatic heterocycles. The number of rotatable bonds is 8. The lowest BCUT2D eigenvalue weighted by molar-refractivity contribution is -0.141. The van der Waals surface area contributed by atoms with E-state index in [0.29, 0.717) is 19.6 Å². The van der Waals surface area contributed by atoms with Crippen molar-refractivity contribution < 1.29 is 19.4 Å². The van der Waals surface area contributed by atoms with Crippen LogP contribution in [0.1, 0.15) is 20.3 Å². The van der Waals surface area contributed by atoms with Crippen molar-refractivity contribution in [3.63, 3.8) is 0 Å². The van der Waals surface area contributed by atoms with E-state index < -0.39 is 11.9 Å². The Kier molecular flexibility index (Phi) is 8.13. The van der Waals surface area contributed by atoms with Crippen molar-refractivity contribution in [3.05, 3.63) is 0 Å². The van der Waals surface area contributed by atoms with E-state index in [0.717, 1.165) is 0 Å². The van der Waals surface area contributed by atoms with Crippen LogP contribution in [-0.2, 0) is 9.53 Å². The van der Waals surface area contributed by atoms with E-state index in [1.54, 1.807) is 14.0 Å². The van der Waals surface area contributed by atoms with Gasteiger partial charge in [-0.15, -0.1) is 0 Å². The van der Waals surface area contributed by atoms with Gasteiger partial charge >= 0.3 is 12.0 Å². The molecule has 17 heavy (non-hydrogen) atoms. The molecule has 0 heterocycles. The number of ether oxygens (including phenoxy) is 1. The molecule has 0 saturated heterocycles. The summed E-state index contributed by atoms with van der Waals surface area (Å²) in [5.41, 5.74) is 0. The lowest BCUT2D eigenvalue weighted by atomic mass is 10.1. The molecule has 0 rings (SSSR count). The van der Waals surface area contributed by atoms with Gasteiger partial charge in [0.15, 0.2) is 0 Å². The fraction of sp³-hybridized carbons (Fsp3) is 0.818. The van der Waals surface area contributed by atoms with Crippen LogP contribution in [0, 0.1) is 11.8 Å². The third kappa shape index (κ3) is 7.57. The number of carbonyl (C=O) groups is 2. The van der Waals surface area contributed by atoms with Crippen molar-refractivity contribution in [1.29, 1.82) is 0 Å². The zero-order valence-electron chi connectivity index (χ0n) is 10.7. The van der Waals surface area contributed by atoms with Gasteiger partial charge < -0.3 is 20.5 Å². The first-order valence-corrected chi connectivity index (χ1v) is 5.74. The summed E-state index contributed by atoms with van der Waals surface area (Å²) < 4.78 is 4.93. The average Bonchev–Trinajstić information content (AvgIpc) is 2.27. The van der Waals surface area contributed by atoms with Crippen molar-refractivity contribution in [2.45, 2.75) is 20.3 Å². The molecule has 100 valence electrons. The minimum atomic E-state index is -0.888. The highest BCUT2D eigenvalue weighted by Gasteiger charge is 2.15. The average molecular weight is 246 g/mol. The normalized spacial score (nSPS) is 13.8. The molecule has 3 N–H and O–H groups in total. The van der Waals surface area contributed by atoms with E-state index in [4.69, 9.17) is 9.84 Å². The van der Waals surface area contributed by atoms with Crippen LogP contribution in [0.2, 0.25) is 0 Å². The fourth-order valence-corrected chi connectivity index (χ4v) is 1.30. The molecule has 0 bridgehead atoms. The van der Waals surface area contributed by atoms with Gasteiger partial charge in [0.25, 0.3) is 0 Å². The molecule has 0 aromatic rings. The monoisotopic (exact) mass is 246 g/mol. The lowest BCUT2D eigenvalue weighted by Crippen LogP contribution is -2.41. The molecule has 6 nitrogen and oxygen atoms in total. The molecule has 0 aliphatic carbocycles. The van der Waals surface area contributed by atoms with E-state index in [1.807, 2.05) is 6.92 Å². The molecule has 2 amide bonds. The highest BCUT2D eigenvalue weighted by molar-refractivity contribution is 5.75. The van der Waals surface area contributed by atoms with Gasteiger partial charge in [-0.05, 0) is 12.3 Å². The number of amides is 2. The van der Waals surface area contributed by atoms with Crippen molar-refractivity contribution >= 4 is 12.0 Å². The van der Waals surface area contributed by atoms with Gasteiger partial charge in [0.05, 0.1) is 12.5 Å². The quantitative estimate of drug-likeness (QED) is 0.587. The first-order valence-electron chi connectivity index (χ1n) is 5.74. The Balaban J connectivity index is 3.75. The second kappa shape index (κ2) is 8.81. The number of carbonyl (C=O) groups excluding carboxylic acids is 1. The molecular weight excluding hydrogens is 224 g/mol. The third-order valence-corrected chi connectivity index (χ3v) is 2.41. The summed E-state index contributed by atoms with van der Waals surface area (Å²) in [7, 11) is 1.61. The fourth-order valence-electron chi connectivity index (χ4n) is 1.30. The van der Waals surface area contributed by atoms with Crippen LogP contribution in [0.5, 0.6) is 0 Å². The van der Waals surface area contributed by atoms with E-state index in [2.05, 4.69) is 10.6 Å². The number of nitrogens with one attached hydrogen (secondary N) is 2. The summed E-state index contributed by atoms with van der Waals surface area (Å²) in [5.74, 6) is -1.19. The maximum atomic E-state index is 11.3. The summed E-state index contributed by atoms with van der Waals surface area (Å²) in [4.78, 5) is 22.0. The molecule has 0 saturated carbocycles. The maximum Gasteiger partial charge on any atom is 0.314 e. The van der Waals surface area contributed by atoms with Gasteiger partial charge in [0, 0.05) is 20.2 Å². The van der Waals surface area contributed by atoms with Crippen molar-refractivity contribution in [2.75, 3.05) is 26.8 Å². The number of methoxy groups -OCH3 is 1. The Labute approximate surface area is 102 Å². The van der Waals surface area contributed by atoms with Crippen LogP contribution in [0.15, 0.2) is 0 Å². The lowest BCUT2D eigenvalue weighted by Gasteiger charge is -2.14. The molecule has 0 fully saturated rings. The summed E-state index contributed by atoms with van der Waals surface area (Å²) in [6.45, 7) is 4.96. The Morgan fingerprint density at radius 3 is 2.35 bits per heavy atom. The minimum Gasteiger partial charge on any atom is -0.481 e. The molecule has 2 atom stereocenters. The van der Waals surface area contributed by atoms with Crippen molar-refractivity contribution in [1.82, 2.24) is 10.6 Å². The van der Waals surface area contributed by atoms with Crippen LogP contribution >= 0.6 is 0 Å². The van der Waals surface area contributed by atoms with Crippen LogP contribution < -0.4 is 10.6 Å². The van der Waals surface area contributed by atoms with E-state index >= 15 is 0 Å². The first kappa shape index (κ1) is 15.7. The predicted molar refractivity (Wildman–Crippen MR) is 63.9 cm³/mol. The summed E-state index contributed by atoms with van der Waals surface area (Å²) in [5, 5.41) is 14.0. The standard InChI is InChI=1S/C11H22N2O4/c1-4-9(10(14)15)6-13-11(16)12-5-8(2)7-17-3/h8-9H,4-7H2,1-3H3,(H,14,15)(H2,12,13,16). The number of hydrogen-bond donors (Lipinski definition) is 3. The van der Waals surface area contributed by atoms with E-state index in [1.165, 1.54) is 0 Å². The van der Waals surface area contributed by atoms with Gasteiger partial charge in [-0.1, -0.05) is 13.8 Å². The molecule has 0 aliphatic heterocycles. The molecule has 0 aromatic carbocycles. The predicted octanol–water partition coefficient (Wildman–Crippen LogP) is 0.679. The maximum absolute atomic E-state index is 11.3. The van der Waals surface area contributed by atoms with E-state index in [-0.39, 0.29) is 18.5 Å². The second-order valence-electron chi connectivity index (χ2n) is 4.09. The number of carboxylic acid groups (broad SMARTS) is 1. The van der Waals surface area contributed by atoms with Crippen molar-refractivity contribution in [3.8, 4) is 0 Å². The summed E-state index contributed by atoms with van der Waals surface area (Å²) in [6.07, 6.45) is 0.496. The molecule has 0 aliphatic rings. The highest BCUT2D eigenvalue weighted by Crippen LogP contribution is 2.00. The number of urea groups is 1. The number of hydrogen-bond acceptors (Lipinski definition) is 3. The third-order valence-electron chi connectivity index (χ3n) is 2.41.